The molecule has 0 saturated heterocycles. The van der Waals surface area contributed by atoms with Gasteiger partial charge in [0.1, 0.15) is 0 Å². The van der Waals surface area contributed by atoms with Crippen LogP contribution < -0.4 is 10.6 Å². The van der Waals surface area contributed by atoms with Crippen molar-refractivity contribution in [2.24, 2.45) is 0 Å². The summed E-state index contributed by atoms with van der Waals surface area (Å²) in [6, 6.07) is 9.58. The number of hydrogen-bond acceptors (Lipinski definition) is 2. The molecule has 0 aromatic heterocycles. The number of carbonyl (C=O) groups excluding carboxylic acids is 2. The van der Waals surface area contributed by atoms with E-state index in [1.165, 1.54) is 18.6 Å². The van der Waals surface area contributed by atoms with Crippen molar-refractivity contribution in [1.29, 1.82) is 0 Å². The molecule has 0 aliphatic heterocycles. The third-order valence-electron chi connectivity index (χ3n) is 4.53. The fourth-order valence-electron chi connectivity index (χ4n) is 3.18. The smallest absolute Gasteiger partial charge is 0.255 e. The molecule has 27 heavy (non-hydrogen) atoms. The molecule has 0 heterocycles. The summed E-state index contributed by atoms with van der Waals surface area (Å²) in [5.41, 5.74) is 1.13. The SMILES string of the molecule is O=C(Nc1ccc(Cl)c(C(=O)NC2CCCCC2)c1)c1cc(Cl)cc(Cl)c1. The third kappa shape index (κ3) is 5.38. The first kappa shape index (κ1) is 20.0. The van der Waals surface area contributed by atoms with Gasteiger partial charge in [-0.05, 0) is 49.2 Å². The Bertz CT molecular complexity index is 844. The second-order valence-corrected chi connectivity index (χ2v) is 7.90. The summed E-state index contributed by atoms with van der Waals surface area (Å²) in [5.74, 6) is -0.603. The lowest BCUT2D eigenvalue weighted by Crippen LogP contribution is -2.36. The summed E-state index contributed by atoms with van der Waals surface area (Å²) in [6.07, 6.45) is 5.42. The van der Waals surface area contributed by atoms with Gasteiger partial charge in [0.25, 0.3) is 11.8 Å². The van der Waals surface area contributed by atoms with Crippen LogP contribution in [-0.2, 0) is 0 Å². The number of hydrogen-bond donors (Lipinski definition) is 2. The molecule has 0 radical (unpaired) electrons. The first-order valence-electron chi connectivity index (χ1n) is 8.80. The number of nitrogens with one attached hydrogen (secondary N) is 2. The van der Waals surface area contributed by atoms with E-state index in [0.717, 1.165) is 25.7 Å². The van der Waals surface area contributed by atoms with Crippen molar-refractivity contribution in [3.05, 3.63) is 62.6 Å². The van der Waals surface area contributed by atoms with Gasteiger partial charge >= 0.3 is 0 Å². The van der Waals surface area contributed by atoms with E-state index >= 15 is 0 Å². The van der Waals surface area contributed by atoms with Gasteiger partial charge in [-0.1, -0.05) is 54.1 Å². The van der Waals surface area contributed by atoms with E-state index in [2.05, 4.69) is 10.6 Å². The van der Waals surface area contributed by atoms with Gasteiger partial charge in [-0.2, -0.15) is 0 Å². The lowest BCUT2D eigenvalue weighted by atomic mass is 9.95. The van der Waals surface area contributed by atoms with Crippen molar-refractivity contribution in [2.75, 3.05) is 5.32 Å². The Hall–Kier alpha value is -1.75. The van der Waals surface area contributed by atoms with Crippen molar-refractivity contribution >= 4 is 52.3 Å². The van der Waals surface area contributed by atoms with E-state index in [9.17, 15) is 9.59 Å². The van der Waals surface area contributed by atoms with Crippen molar-refractivity contribution < 1.29 is 9.59 Å². The van der Waals surface area contributed by atoms with Gasteiger partial charge in [-0.15, -0.1) is 0 Å². The second-order valence-electron chi connectivity index (χ2n) is 6.62. The minimum atomic E-state index is -0.375. The highest BCUT2D eigenvalue weighted by Gasteiger charge is 2.19. The van der Waals surface area contributed by atoms with E-state index in [1.807, 2.05) is 0 Å². The molecule has 1 aliphatic rings. The fraction of sp³-hybridized carbons (Fsp3) is 0.300. The Morgan fingerprint density at radius 1 is 0.852 bits per heavy atom. The molecule has 4 nitrogen and oxygen atoms in total. The highest BCUT2D eigenvalue weighted by molar-refractivity contribution is 6.35. The Kier molecular flexibility index (Phi) is 6.64. The lowest BCUT2D eigenvalue weighted by molar-refractivity contribution is 0.0926. The van der Waals surface area contributed by atoms with Crippen LogP contribution in [0, 0.1) is 0 Å². The number of benzene rings is 2. The van der Waals surface area contributed by atoms with Crippen LogP contribution in [0.25, 0.3) is 0 Å². The van der Waals surface area contributed by atoms with Crippen LogP contribution >= 0.6 is 34.8 Å². The Morgan fingerprint density at radius 3 is 2.19 bits per heavy atom. The van der Waals surface area contributed by atoms with E-state index in [-0.39, 0.29) is 17.9 Å². The number of anilines is 1. The summed E-state index contributed by atoms with van der Waals surface area (Å²) in [7, 11) is 0. The molecule has 7 heteroatoms. The molecule has 0 atom stereocenters. The topological polar surface area (TPSA) is 58.2 Å². The molecule has 0 bridgehead atoms. The Morgan fingerprint density at radius 2 is 1.52 bits per heavy atom. The first-order valence-corrected chi connectivity index (χ1v) is 9.93. The van der Waals surface area contributed by atoms with Gasteiger partial charge < -0.3 is 10.6 Å². The van der Waals surface area contributed by atoms with Gasteiger partial charge in [0.15, 0.2) is 0 Å². The van der Waals surface area contributed by atoms with Gasteiger partial charge in [-0.25, -0.2) is 0 Å². The summed E-state index contributed by atoms with van der Waals surface area (Å²) >= 11 is 18.1. The number of halogens is 3. The molecule has 1 saturated carbocycles. The molecular weight excluding hydrogens is 407 g/mol. The average Bonchev–Trinajstić information content (AvgIpc) is 2.63. The molecule has 1 fully saturated rings. The molecular formula is C20H19Cl3N2O2. The summed E-state index contributed by atoms with van der Waals surface area (Å²) in [6.45, 7) is 0. The summed E-state index contributed by atoms with van der Waals surface area (Å²) in [5, 5.41) is 6.86. The van der Waals surface area contributed by atoms with Crippen molar-refractivity contribution in [3.63, 3.8) is 0 Å². The zero-order valence-electron chi connectivity index (χ0n) is 14.5. The van der Waals surface area contributed by atoms with Crippen LogP contribution in [0.3, 0.4) is 0 Å². The average molecular weight is 426 g/mol. The third-order valence-corrected chi connectivity index (χ3v) is 5.30. The van der Waals surface area contributed by atoms with Crippen LogP contribution in [0.5, 0.6) is 0 Å². The maximum atomic E-state index is 12.6. The molecule has 2 amide bonds. The van der Waals surface area contributed by atoms with E-state index in [4.69, 9.17) is 34.8 Å². The molecule has 2 N–H and O–H groups in total. The Balaban J connectivity index is 1.74. The van der Waals surface area contributed by atoms with Gasteiger partial charge in [0.2, 0.25) is 0 Å². The summed E-state index contributed by atoms with van der Waals surface area (Å²) in [4.78, 5) is 25.0. The van der Waals surface area contributed by atoms with Gasteiger partial charge in [0.05, 0.1) is 10.6 Å². The van der Waals surface area contributed by atoms with E-state index < -0.39 is 0 Å². The van der Waals surface area contributed by atoms with Gasteiger partial charge in [0, 0.05) is 27.3 Å². The second kappa shape index (κ2) is 8.96. The minimum absolute atomic E-state index is 0.175. The number of amides is 2. The molecule has 3 rings (SSSR count). The zero-order chi connectivity index (χ0) is 19.4. The molecule has 1 aliphatic carbocycles. The van der Waals surface area contributed by atoms with Crippen LogP contribution in [0.2, 0.25) is 15.1 Å². The van der Waals surface area contributed by atoms with Crippen LogP contribution in [0.1, 0.15) is 52.8 Å². The standard InChI is InChI=1S/C20H19Cl3N2O2/c21-13-8-12(9-14(22)10-13)19(26)25-16-6-7-18(23)17(11-16)20(27)24-15-4-2-1-3-5-15/h6-11,15H,1-5H2,(H,24,27)(H,25,26). The van der Waals surface area contributed by atoms with Crippen molar-refractivity contribution in [1.82, 2.24) is 5.32 Å². The monoisotopic (exact) mass is 424 g/mol. The van der Waals surface area contributed by atoms with Crippen molar-refractivity contribution in [2.45, 2.75) is 38.1 Å². The normalized spacial score (nSPS) is 14.6. The lowest BCUT2D eigenvalue weighted by Gasteiger charge is -2.23. The highest BCUT2D eigenvalue weighted by Crippen LogP contribution is 2.24. The van der Waals surface area contributed by atoms with Gasteiger partial charge in [-0.3, -0.25) is 9.59 Å². The quantitative estimate of drug-likeness (QED) is 0.635. The van der Waals surface area contributed by atoms with Crippen molar-refractivity contribution in [3.8, 4) is 0 Å². The molecule has 0 unspecified atom stereocenters. The predicted molar refractivity (Wildman–Crippen MR) is 110 cm³/mol. The summed E-state index contributed by atoms with van der Waals surface area (Å²) < 4.78 is 0. The molecule has 142 valence electrons. The molecule has 0 spiro atoms. The van der Waals surface area contributed by atoms with E-state index in [0.29, 0.717) is 31.9 Å². The minimum Gasteiger partial charge on any atom is -0.349 e. The number of rotatable bonds is 4. The molecule has 2 aromatic rings. The maximum absolute atomic E-state index is 12.6. The van der Waals surface area contributed by atoms with Crippen LogP contribution in [0.4, 0.5) is 5.69 Å². The zero-order valence-corrected chi connectivity index (χ0v) is 16.8. The molecule has 2 aromatic carbocycles. The van der Waals surface area contributed by atoms with Crippen LogP contribution in [0.15, 0.2) is 36.4 Å². The highest BCUT2D eigenvalue weighted by atomic mass is 35.5. The predicted octanol–water partition coefficient (Wildman–Crippen LogP) is 5.96. The maximum Gasteiger partial charge on any atom is 0.255 e. The van der Waals surface area contributed by atoms with E-state index in [1.54, 1.807) is 24.3 Å². The largest absolute Gasteiger partial charge is 0.349 e. The first-order chi connectivity index (χ1) is 12.9. The Labute approximate surface area is 173 Å². The number of carbonyl (C=O) groups is 2. The fourth-order valence-corrected chi connectivity index (χ4v) is 3.90. The van der Waals surface area contributed by atoms with Crippen LogP contribution in [-0.4, -0.2) is 17.9 Å².